The Hall–Kier alpha value is -2.87. The maximum atomic E-state index is 13.1. The number of ether oxygens (including phenoxy) is 1. The van der Waals surface area contributed by atoms with E-state index >= 15 is 0 Å². The van der Waals surface area contributed by atoms with Crippen LogP contribution in [0.25, 0.3) is 0 Å². The SMILES string of the molecule is CCC(C(=O)Nc1cccc(C(=O)OC)c1C)N(c1cc(C)cc(C)c1)S(C)(=O)=O. The van der Waals surface area contributed by atoms with Gasteiger partial charge in [-0.3, -0.25) is 9.10 Å². The van der Waals surface area contributed by atoms with E-state index in [9.17, 15) is 18.0 Å². The summed E-state index contributed by atoms with van der Waals surface area (Å²) in [6.07, 6.45) is 1.35. The minimum Gasteiger partial charge on any atom is -0.465 e. The number of sulfonamides is 1. The van der Waals surface area contributed by atoms with Gasteiger partial charge in [0.25, 0.3) is 0 Å². The molecule has 2 aromatic rings. The molecule has 8 heteroatoms. The smallest absolute Gasteiger partial charge is 0.338 e. The van der Waals surface area contributed by atoms with Crippen LogP contribution >= 0.6 is 0 Å². The number of methoxy groups -OCH3 is 1. The molecule has 7 nitrogen and oxygen atoms in total. The molecule has 2 aromatic carbocycles. The monoisotopic (exact) mass is 432 g/mol. The molecule has 0 saturated heterocycles. The Morgan fingerprint density at radius 1 is 1.10 bits per heavy atom. The molecule has 0 bridgehead atoms. The fraction of sp³-hybridized carbons (Fsp3) is 0.364. The highest BCUT2D eigenvalue weighted by atomic mass is 32.2. The molecule has 0 fully saturated rings. The standard InChI is InChI=1S/C22H28N2O5S/c1-7-20(24(30(6,27)28)17-12-14(2)11-15(3)13-17)21(25)23-19-10-8-9-18(16(19)4)22(26)29-5/h8-13,20H,7H2,1-6H3,(H,23,25). The Bertz CT molecular complexity index is 1040. The zero-order valence-corrected chi connectivity index (χ0v) is 19.0. The first-order valence-corrected chi connectivity index (χ1v) is 11.4. The summed E-state index contributed by atoms with van der Waals surface area (Å²) < 4.78 is 31.2. The molecule has 1 amide bonds. The van der Waals surface area contributed by atoms with E-state index in [-0.39, 0.29) is 6.42 Å². The van der Waals surface area contributed by atoms with E-state index in [4.69, 9.17) is 4.74 Å². The molecule has 0 aliphatic heterocycles. The van der Waals surface area contributed by atoms with Crippen molar-refractivity contribution in [2.24, 2.45) is 0 Å². The molecule has 0 aromatic heterocycles. The first kappa shape index (κ1) is 23.4. The van der Waals surface area contributed by atoms with Gasteiger partial charge in [-0.05, 0) is 68.1 Å². The molecule has 1 N–H and O–H groups in total. The second-order valence-corrected chi connectivity index (χ2v) is 9.15. The molecule has 0 spiro atoms. The predicted octanol–water partition coefficient (Wildman–Crippen LogP) is 3.58. The number of anilines is 2. The summed E-state index contributed by atoms with van der Waals surface area (Å²) in [5, 5.41) is 2.78. The Kier molecular flexibility index (Phi) is 7.25. The first-order valence-electron chi connectivity index (χ1n) is 9.56. The van der Waals surface area contributed by atoms with Crippen molar-refractivity contribution in [1.82, 2.24) is 0 Å². The average molecular weight is 433 g/mol. The number of benzene rings is 2. The van der Waals surface area contributed by atoms with Gasteiger partial charge >= 0.3 is 5.97 Å². The minimum absolute atomic E-state index is 0.266. The Labute approximate surface area is 178 Å². The lowest BCUT2D eigenvalue weighted by atomic mass is 10.1. The van der Waals surface area contributed by atoms with Crippen LogP contribution in [0.4, 0.5) is 11.4 Å². The van der Waals surface area contributed by atoms with Crippen LogP contribution in [0.15, 0.2) is 36.4 Å². The van der Waals surface area contributed by atoms with Crippen molar-refractivity contribution in [2.45, 2.75) is 40.2 Å². The molecule has 0 aliphatic rings. The molecule has 162 valence electrons. The molecule has 1 unspecified atom stereocenters. The topological polar surface area (TPSA) is 92.8 Å². The zero-order chi connectivity index (χ0) is 22.6. The lowest BCUT2D eigenvalue weighted by Gasteiger charge is -2.30. The van der Waals surface area contributed by atoms with Crippen molar-refractivity contribution < 1.29 is 22.7 Å². The van der Waals surface area contributed by atoms with E-state index in [1.807, 2.05) is 19.9 Å². The summed E-state index contributed by atoms with van der Waals surface area (Å²) in [4.78, 5) is 25.1. The van der Waals surface area contributed by atoms with E-state index in [0.29, 0.717) is 22.5 Å². The predicted molar refractivity (Wildman–Crippen MR) is 118 cm³/mol. The normalized spacial score (nSPS) is 12.2. The Morgan fingerprint density at radius 2 is 1.70 bits per heavy atom. The number of carbonyl (C=O) groups is 2. The Morgan fingerprint density at radius 3 is 2.20 bits per heavy atom. The van der Waals surface area contributed by atoms with E-state index < -0.39 is 27.9 Å². The number of nitrogens with zero attached hydrogens (tertiary/aromatic N) is 1. The van der Waals surface area contributed by atoms with Crippen molar-refractivity contribution in [3.05, 3.63) is 58.7 Å². The number of carbonyl (C=O) groups excluding carboxylic acids is 2. The second-order valence-electron chi connectivity index (χ2n) is 7.29. The molecule has 2 rings (SSSR count). The van der Waals surface area contributed by atoms with Gasteiger partial charge in [0.2, 0.25) is 15.9 Å². The number of amides is 1. The average Bonchev–Trinajstić information content (AvgIpc) is 2.65. The van der Waals surface area contributed by atoms with E-state index in [2.05, 4.69) is 5.32 Å². The lowest BCUT2D eigenvalue weighted by molar-refractivity contribution is -0.117. The molecular formula is C22H28N2O5S. The second kappa shape index (κ2) is 9.30. The molecular weight excluding hydrogens is 404 g/mol. The quantitative estimate of drug-likeness (QED) is 0.675. The number of nitrogens with one attached hydrogen (secondary N) is 1. The maximum Gasteiger partial charge on any atom is 0.338 e. The van der Waals surface area contributed by atoms with Crippen molar-refractivity contribution in [2.75, 3.05) is 23.0 Å². The summed E-state index contributed by atoms with van der Waals surface area (Å²) >= 11 is 0. The molecule has 0 radical (unpaired) electrons. The number of rotatable bonds is 7. The number of esters is 1. The summed E-state index contributed by atoms with van der Waals surface area (Å²) in [5.41, 5.74) is 3.54. The third kappa shape index (κ3) is 5.18. The molecule has 30 heavy (non-hydrogen) atoms. The van der Waals surface area contributed by atoms with Crippen LogP contribution in [-0.2, 0) is 19.6 Å². The summed E-state index contributed by atoms with van der Waals surface area (Å²) in [6.45, 7) is 7.20. The fourth-order valence-corrected chi connectivity index (χ4v) is 4.65. The minimum atomic E-state index is -3.74. The highest BCUT2D eigenvalue weighted by Gasteiger charge is 2.32. The van der Waals surface area contributed by atoms with Crippen LogP contribution in [0.3, 0.4) is 0 Å². The van der Waals surface area contributed by atoms with Crippen LogP contribution in [0.5, 0.6) is 0 Å². The fourth-order valence-electron chi connectivity index (χ4n) is 3.46. The van der Waals surface area contributed by atoms with Gasteiger partial charge < -0.3 is 10.1 Å². The van der Waals surface area contributed by atoms with Crippen LogP contribution in [0.1, 0.15) is 40.4 Å². The van der Waals surface area contributed by atoms with Crippen molar-refractivity contribution >= 4 is 33.3 Å². The third-order valence-electron chi connectivity index (χ3n) is 4.79. The van der Waals surface area contributed by atoms with Gasteiger partial charge in [0.05, 0.1) is 24.6 Å². The zero-order valence-electron chi connectivity index (χ0n) is 18.1. The summed E-state index contributed by atoms with van der Waals surface area (Å²) in [5.74, 6) is -0.990. The van der Waals surface area contributed by atoms with Gasteiger partial charge in [0, 0.05) is 5.69 Å². The number of hydrogen-bond donors (Lipinski definition) is 1. The van der Waals surface area contributed by atoms with Crippen LogP contribution in [0, 0.1) is 20.8 Å². The molecule has 0 aliphatic carbocycles. The van der Waals surface area contributed by atoms with Crippen LogP contribution < -0.4 is 9.62 Å². The van der Waals surface area contributed by atoms with E-state index in [1.165, 1.54) is 7.11 Å². The van der Waals surface area contributed by atoms with Crippen molar-refractivity contribution in [3.63, 3.8) is 0 Å². The molecule has 0 saturated carbocycles. The largest absolute Gasteiger partial charge is 0.465 e. The number of hydrogen-bond acceptors (Lipinski definition) is 5. The third-order valence-corrected chi connectivity index (χ3v) is 5.97. The first-order chi connectivity index (χ1) is 14.0. The van der Waals surface area contributed by atoms with Gasteiger partial charge in [-0.25, -0.2) is 13.2 Å². The van der Waals surface area contributed by atoms with Gasteiger partial charge in [0.15, 0.2) is 0 Å². The number of aryl methyl sites for hydroxylation is 2. The highest BCUT2D eigenvalue weighted by molar-refractivity contribution is 7.92. The van der Waals surface area contributed by atoms with Crippen molar-refractivity contribution in [1.29, 1.82) is 0 Å². The van der Waals surface area contributed by atoms with Gasteiger partial charge in [-0.2, -0.15) is 0 Å². The molecule has 0 heterocycles. The van der Waals surface area contributed by atoms with Gasteiger partial charge in [0.1, 0.15) is 6.04 Å². The maximum absolute atomic E-state index is 13.1. The van der Waals surface area contributed by atoms with Gasteiger partial charge in [-0.15, -0.1) is 0 Å². The summed E-state index contributed by atoms with van der Waals surface area (Å²) in [7, 11) is -2.45. The lowest BCUT2D eigenvalue weighted by Crippen LogP contribution is -2.47. The van der Waals surface area contributed by atoms with Crippen LogP contribution in [0.2, 0.25) is 0 Å². The summed E-state index contributed by atoms with van der Waals surface area (Å²) in [6, 6.07) is 9.36. The van der Waals surface area contributed by atoms with E-state index in [0.717, 1.165) is 21.7 Å². The van der Waals surface area contributed by atoms with Crippen molar-refractivity contribution in [3.8, 4) is 0 Å². The molecule has 1 atom stereocenters. The van der Waals surface area contributed by atoms with Gasteiger partial charge in [-0.1, -0.05) is 19.1 Å². The van der Waals surface area contributed by atoms with Crippen LogP contribution in [-0.4, -0.2) is 39.7 Å². The highest BCUT2D eigenvalue weighted by Crippen LogP contribution is 2.27. The Balaban J connectivity index is 2.46. The van der Waals surface area contributed by atoms with E-state index in [1.54, 1.807) is 44.2 Å².